The SMILES string of the molecule is CC(=O)CCCOC(F)(F)F. The largest absolute Gasteiger partial charge is 0.522 e. The van der Waals surface area contributed by atoms with E-state index in [1.165, 1.54) is 6.92 Å². The molecular formula is C6H9F3O2. The van der Waals surface area contributed by atoms with Gasteiger partial charge in [0.05, 0.1) is 6.61 Å². The predicted octanol–water partition coefficient (Wildman–Crippen LogP) is 1.89. The van der Waals surface area contributed by atoms with E-state index < -0.39 is 13.0 Å². The van der Waals surface area contributed by atoms with Crippen LogP contribution in [0.5, 0.6) is 0 Å². The summed E-state index contributed by atoms with van der Waals surface area (Å²) in [6, 6.07) is 0. The molecule has 0 aliphatic rings. The van der Waals surface area contributed by atoms with Gasteiger partial charge in [-0.25, -0.2) is 0 Å². The number of alkyl halides is 3. The Balaban J connectivity index is 3.22. The van der Waals surface area contributed by atoms with E-state index in [0.29, 0.717) is 0 Å². The zero-order chi connectivity index (χ0) is 8.91. The number of carbonyl (C=O) groups is 1. The molecule has 11 heavy (non-hydrogen) atoms. The lowest BCUT2D eigenvalue weighted by Gasteiger charge is -2.05. The first-order chi connectivity index (χ1) is 4.92. The molecule has 5 heteroatoms. The van der Waals surface area contributed by atoms with Gasteiger partial charge in [0.25, 0.3) is 0 Å². The van der Waals surface area contributed by atoms with E-state index >= 15 is 0 Å². The van der Waals surface area contributed by atoms with Gasteiger partial charge in [-0.2, -0.15) is 0 Å². The predicted molar refractivity (Wildman–Crippen MR) is 31.9 cm³/mol. The first-order valence-electron chi connectivity index (χ1n) is 3.12. The average molecular weight is 170 g/mol. The molecule has 0 heterocycles. The maximum atomic E-state index is 11.3. The number of Topliss-reactive ketones (excluding diaryl/α,β-unsaturated/α-hetero) is 1. The average Bonchev–Trinajstić information content (AvgIpc) is 1.78. The first-order valence-corrected chi connectivity index (χ1v) is 3.12. The summed E-state index contributed by atoms with van der Waals surface area (Å²) >= 11 is 0. The Kier molecular flexibility index (Phi) is 4.10. The van der Waals surface area contributed by atoms with Crippen LogP contribution in [0.2, 0.25) is 0 Å². The van der Waals surface area contributed by atoms with Gasteiger partial charge in [0, 0.05) is 6.42 Å². The number of carbonyl (C=O) groups excluding carboxylic acids is 1. The minimum absolute atomic E-state index is 0.120. The minimum Gasteiger partial charge on any atom is -0.300 e. The van der Waals surface area contributed by atoms with E-state index in [9.17, 15) is 18.0 Å². The second-order valence-electron chi connectivity index (χ2n) is 2.10. The van der Waals surface area contributed by atoms with Crippen LogP contribution >= 0.6 is 0 Å². The zero-order valence-corrected chi connectivity index (χ0v) is 6.07. The number of ketones is 1. The van der Waals surface area contributed by atoms with E-state index in [-0.39, 0.29) is 18.6 Å². The molecule has 2 nitrogen and oxygen atoms in total. The van der Waals surface area contributed by atoms with Crippen LogP contribution in [0, 0.1) is 0 Å². The van der Waals surface area contributed by atoms with Crippen molar-refractivity contribution in [2.75, 3.05) is 6.61 Å². The third-order valence-corrected chi connectivity index (χ3v) is 0.939. The molecule has 0 radical (unpaired) electrons. The number of rotatable bonds is 4. The Morgan fingerprint density at radius 2 is 2.00 bits per heavy atom. The van der Waals surface area contributed by atoms with Gasteiger partial charge in [-0.05, 0) is 13.3 Å². The van der Waals surface area contributed by atoms with Gasteiger partial charge in [-0.1, -0.05) is 0 Å². The topological polar surface area (TPSA) is 26.3 Å². The van der Waals surface area contributed by atoms with Crippen molar-refractivity contribution in [2.45, 2.75) is 26.1 Å². The van der Waals surface area contributed by atoms with Crippen LogP contribution in [0.4, 0.5) is 13.2 Å². The summed E-state index contributed by atoms with van der Waals surface area (Å²) in [5, 5.41) is 0. The highest BCUT2D eigenvalue weighted by Gasteiger charge is 2.28. The van der Waals surface area contributed by atoms with Gasteiger partial charge in [0.15, 0.2) is 0 Å². The maximum absolute atomic E-state index is 11.3. The monoisotopic (exact) mass is 170 g/mol. The zero-order valence-electron chi connectivity index (χ0n) is 6.07. The molecular weight excluding hydrogens is 161 g/mol. The Bertz CT molecular complexity index is 130. The summed E-state index contributed by atoms with van der Waals surface area (Å²) < 4.78 is 37.2. The molecule has 66 valence electrons. The highest BCUT2D eigenvalue weighted by atomic mass is 19.4. The van der Waals surface area contributed by atoms with E-state index in [1.54, 1.807) is 0 Å². The second kappa shape index (κ2) is 4.33. The summed E-state index contributed by atoms with van der Waals surface area (Å²) in [6.45, 7) is 0.886. The van der Waals surface area contributed by atoms with Crippen molar-refractivity contribution in [2.24, 2.45) is 0 Å². The molecule has 0 aromatic carbocycles. The summed E-state index contributed by atoms with van der Waals surface area (Å²) in [6.07, 6.45) is -4.32. The van der Waals surface area contributed by atoms with Gasteiger partial charge in [0.1, 0.15) is 5.78 Å². The molecule has 0 aliphatic heterocycles. The fourth-order valence-electron chi connectivity index (χ4n) is 0.509. The van der Waals surface area contributed by atoms with Crippen molar-refractivity contribution in [1.82, 2.24) is 0 Å². The number of hydrogen-bond donors (Lipinski definition) is 0. The lowest BCUT2D eigenvalue weighted by atomic mass is 10.2. The molecule has 0 aromatic heterocycles. The summed E-state index contributed by atoms with van der Waals surface area (Å²) in [5.74, 6) is -0.129. The van der Waals surface area contributed by atoms with Gasteiger partial charge in [-0.15, -0.1) is 13.2 Å². The summed E-state index contributed by atoms with van der Waals surface area (Å²) in [4.78, 5) is 10.2. The standard InChI is InChI=1S/C6H9F3O2/c1-5(10)3-2-4-11-6(7,8)9/h2-4H2,1H3. The van der Waals surface area contributed by atoms with E-state index in [1.807, 2.05) is 0 Å². The molecule has 0 spiro atoms. The third-order valence-electron chi connectivity index (χ3n) is 0.939. The Morgan fingerprint density at radius 1 is 1.45 bits per heavy atom. The molecule has 0 atom stereocenters. The molecule has 0 amide bonds. The van der Waals surface area contributed by atoms with Crippen molar-refractivity contribution in [3.63, 3.8) is 0 Å². The van der Waals surface area contributed by atoms with E-state index in [2.05, 4.69) is 4.74 Å². The van der Waals surface area contributed by atoms with Crippen LogP contribution in [0.1, 0.15) is 19.8 Å². The van der Waals surface area contributed by atoms with Crippen molar-refractivity contribution >= 4 is 5.78 Å². The number of halogens is 3. The highest BCUT2D eigenvalue weighted by molar-refractivity contribution is 5.75. The quantitative estimate of drug-likeness (QED) is 0.602. The Morgan fingerprint density at radius 3 is 2.36 bits per heavy atom. The van der Waals surface area contributed by atoms with E-state index in [0.717, 1.165) is 0 Å². The fraction of sp³-hybridized carbons (Fsp3) is 0.833. The van der Waals surface area contributed by atoms with Crippen LogP contribution < -0.4 is 0 Å². The van der Waals surface area contributed by atoms with Gasteiger partial charge < -0.3 is 4.79 Å². The molecule has 0 aliphatic carbocycles. The molecule has 0 bridgehead atoms. The normalized spacial score (nSPS) is 11.6. The van der Waals surface area contributed by atoms with Crippen LogP contribution in [-0.4, -0.2) is 18.8 Å². The van der Waals surface area contributed by atoms with Crippen molar-refractivity contribution in [1.29, 1.82) is 0 Å². The van der Waals surface area contributed by atoms with Crippen molar-refractivity contribution in [3.05, 3.63) is 0 Å². The Labute approximate surface area is 62.3 Å². The molecule has 0 saturated heterocycles. The number of ether oxygens (including phenoxy) is 1. The minimum atomic E-state index is -4.57. The third kappa shape index (κ3) is 9.42. The maximum Gasteiger partial charge on any atom is 0.522 e. The highest BCUT2D eigenvalue weighted by Crippen LogP contribution is 2.16. The Hall–Kier alpha value is -0.580. The van der Waals surface area contributed by atoms with Crippen molar-refractivity contribution in [3.8, 4) is 0 Å². The second-order valence-corrected chi connectivity index (χ2v) is 2.10. The van der Waals surface area contributed by atoms with Crippen LogP contribution in [0.15, 0.2) is 0 Å². The number of hydrogen-bond acceptors (Lipinski definition) is 2. The molecule has 0 fully saturated rings. The van der Waals surface area contributed by atoms with Crippen LogP contribution in [0.3, 0.4) is 0 Å². The molecule has 0 aromatic rings. The van der Waals surface area contributed by atoms with Crippen LogP contribution in [0.25, 0.3) is 0 Å². The smallest absolute Gasteiger partial charge is 0.300 e. The molecule has 0 rings (SSSR count). The first kappa shape index (κ1) is 10.4. The molecule has 0 N–H and O–H groups in total. The van der Waals surface area contributed by atoms with Gasteiger partial charge in [-0.3, -0.25) is 4.74 Å². The summed E-state index contributed by atoms with van der Waals surface area (Å²) in [7, 11) is 0. The van der Waals surface area contributed by atoms with E-state index in [4.69, 9.17) is 0 Å². The fourth-order valence-corrected chi connectivity index (χ4v) is 0.509. The lowest BCUT2D eigenvalue weighted by molar-refractivity contribution is -0.324. The lowest BCUT2D eigenvalue weighted by Crippen LogP contribution is -2.14. The van der Waals surface area contributed by atoms with Crippen molar-refractivity contribution < 1.29 is 22.7 Å². The molecule has 0 unspecified atom stereocenters. The van der Waals surface area contributed by atoms with Crippen LogP contribution in [-0.2, 0) is 9.53 Å². The molecule has 0 saturated carbocycles. The van der Waals surface area contributed by atoms with Gasteiger partial charge >= 0.3 is 6.36 Å². The summed E-state index contributed by atoms with van der Waals surface area (Å²) in [5.41, 5.74) is 0. The van der Waals surface area contributed by atoms with Gasteiger partial charge in [0.2, 0.25) is 0 Å².